The van der Waals surface area contributed by atoms with Crippen molar-refractivity contribution in [3.8, 4) is 17.1 Å². The van der Waals surface area contributed by atoms with Crippen molar-refractivity contribution in [2.24, 2.45) is 0 Å². The van der Waals surface area contributed by atoms with Gasteiger partial charge in [-0.25, -0.2) is 0 Å². The third-order valence-electron chi connectivity index (χ3n) is 4.94. The second-order valence-corrected chi connectivity index (χ2v) is 8.46. The van der Waals surface area contributed by atoms with Crippen molar-refractivity contribution in [2.45, 2.75) is 5.16 Å². The molecule has 1 aromatic heterocycles. The van der Waals surface area contributed by atoms with Crippen molar-refractivity contribution in [1.82, 2.24) is 25.0 Å². The highest BCUT2D eigenvalue weighted by molar-refractivity contribution is 7.99. The summed E-state index contributed by atoms with van der Waals surface area (Å²) in [5.74, 6) is 0.960. The molecule has 7 nitrogen and oxygen atoms in total. The molecule has 0 atom stereocenters. The van der Waals surface area contributed by atoms with E-state index in [0.717, 1.165) is 44.1 Å². The van der Waals surface area contributed by atoms with Crippen LogP contribution in [0.3, 0.4) is 0 Å². The van der Waals surface area contributed by atoms with Gasteiger partial charge in [0.1, 0.15) is 0 Å². The fraction of sp³-hybridized carbons (Fsp3) is 0.318. The lowest BCUT2D eigenvalue weighted by Gasteiger charge is -2.26. The number of ether oxygens (including phenoxy) is 1. The van der Waals surface area contributed by atoms with Gasteiger partial charge in [-0.1, -0.05) is 41.6 Å². The molecule has 0 aliphatic carbocycles. The number of hydrogen-bond acceptors (Lipinski definition) is 6. The molecule has 0 spiro atoms. The number of carbonyl (C=O) groups is 1. The van der Waals surface area contributed by atoms with Crippen molar-refractivity contribution in [1.29, 1.82) is 0 Å². The molecule has 2 heterocycles. The predicted molar refractivity (Wildman–Crippen MR) is 123 cm³/mol. The first-order valence-electron chi connectivity index (χ1n) is 10.2. The van der Waals surface area contributed by atoms with E-state index < -0.39 is 0 Å². The second-order valence-electron chi connectivity index (χ2n) is 7.08. The van der Waals surface area contributed by atoms with Gasteiger partial charge in [-0.05, 0) is 36.4 Å². The van der Waals surface area contributed by atoms with E-state index in [9.17, 15) is 4.79 Å². The third-order valence-corrected chi connectivity index (χ3v) is 6.12. The van der Waals surface area contributed by atoms with Crippen LogP contribution in [0.25, 0.3) is 17.1 Å². The Labute approximate surface area is 190 Å². The molecular weight excluding hydrogens is 434 g/mol. The van der Waals surface area contributed by atoms with E-state index in [4.69, 9.17) is 16.3 Å². The number of nitrogens with one attached hydrogen (secondary N) is 1. The second kappa shape index (κ2) is 10.8. The van der Waals surface area contributed by atoms with Crippen LogP contribution in [0.15, 0.2) is 59.8 Å². The lowest BCUT2D eigenvalue weighted by atomic mass is 10.2. The average molecular weight is 458 g/mol. The number of nitrogens with zero attached hydrogens (tertiary/aromatic N) is 4. The molecule has 1 saturated heterocycles. The smallest absolute Gasteiger partial charge is 0.230 e. The first-order chi connectivity index (χ1) is 15.2. The summed E-state index contributed by atoms with van der Waals surface area (Å²) in [6.45, 7) is 4.81. The maximum atomic E-state index is 12.4. The van der Waals surface area contributed by atoms with Crippen molar-refractivity contribution in [3.05, 3.63) is 59.6 Å². The quantitative estimate of drug-likeness (QED) is 0.524. The molecular formula is C22H24ClN5O2S. The zero-order valence-electron chi connectivity index (χ0n) is 17.0. The lowest BCUT2D eigenvalue weighted by Crippen LogP contribution is -2.41. The van der Waals surface area contributed by atoms with Crippen LogP contribution >= 0.6 is 23.4 Å². The summed E-state index contributed by atoms with van der Waals surface area (Å²) >= 11 is 7.41. The first kappa shape index (κ1) is 21.8. The van der Waals surface area contributed by atoms with Gasteiger partial charge >= 0.3 is 0 Å². The summed E-state index contributed by atoms with van der Waals surface area (Å²) in [7, 11) is 0. The van der Waals surface area contributed by atoms with Crippen LogP contribution in [0.4, 0.5) is 0 Å². The number of rotatable bonds is 8. The zero-order chi connectivity index (χ0) is 21.5. The first-order valence-corrected chi connectivity index (χ1v) is 11.5. The topological polar surface area (TPSA) is 72.3 Å². The van der Waals surface area contributed by atoms with Gasteiger partial charge in [0.05, 0.1) is 19.0 Å². The number of morpholine rings is 1. The lowest BCUT2D eigenvalue weighted by molar-refractivity contribution is -0.118. The van der Waals surface area contributed by atoms with Crippen LogP contribution in [0.2, 0.25) is 5.02 Å². The summed E-state index contributed by atoms with van der Waals surface area (Å²) in [6, 6.07) is 17.4. The van der Waals surface area contributed by atoms with Crippen molar-refractivity contribution in [2.75, 3.05) is 45.1 Å². The highest BCUT2D eigenvalue weighted by Gasteiger charge is 2.17. The number of benzene rings is 2. The molecule has 9 heteroatoms. The predicted octanol–water partition coefficient (Wildman–Crippen LogP) is 3.13. The number of hydrogen-bond donors (Lipinski definition) is 1. The number of aromatic nitrogens is 3. The summed E-state index contributed by atoms with van der Waals surface area (Å²) in [5.41, 5.74) is 1.84. The number of halogens is 1. The van der Waals surface area contributed by atoms with Gasteiger partial charge < -0.3 is 10.1 Å². The SMILES string of the molecule is O=C(CSc1nnc(-c2ccc(Cl)cc2)n1-c1ccccc1)NCCN1CCOCC1. The maximum absolute atomic E-state index is 12.4. The third kappa shape index (κ3) is 5.86. The van der Waals surface area contributed by atoms with E-state index in [1.54, 1.807) is 0 Å². The molecule has 2 aromatic carbocycles. The highest BCUT2D eigenvalue weighted by atomic mass is 35.5. The monoisotopic (exact) mass is 457 g/mol. The molecule has 1 amide bonds. The van der Waals surface area contributed by atoms with Crippen molar-refractivity contribution < 1.29 is 9.53 Å². The summed E-state index contributed by atoms with van der Waals surface area (Å²) in [5, 5.41) is 13.1. The summed E-state index contributed by atoms with van der Waals surface area (Å²) in [6.07, 6.45) is 0. The minimum absolute atomic E-state index is 0.0195. The van der Waals surface area contributed by atoms with Gasteiger partial charge in [-0.2, -0.15) is 0 Å². The molecule has 1 aliphatic heterocycles. The van der Waals surface area contributed by atoms with Gasteiger partial charge in [0.2, 0.25) is 5.91 Å². The minimum Gasteiger partial charge on any atom is -0.379 e. The Kier molecular flexibility index (Phi) is 7.58. The standard InChI is InChI=1S/C22H24ClN5O2S/c23-18-8-6-17(7-9-18)21-25-26-22(28(21)19-4-2-1-3-5-19)31-16-20(29)24-10-11-27-12-14-30-15-13-27/h1-9H,10-16H2,(H,24,29). The Morgan fingerprint density at radius 2 is 1.81 bits per heavy atom. The summed E-state index contributed by atoms with van der Waals surface area (Å²) in [4.78, 5) is 14.7. The maximum Gasteiger partial charge on any atom is 0.230 e. The Hall–Kier alpha value is -2.39. The number of thioether (sulfide) groups is 1. The molecule has 162 valence electrons. The molecule has 4 rings (SSSR count). The van der Waals surface area contributed by atoms with Crippen LogP contribution in [-0.4, -0.2) is 70.7 Å². The van der Waals surface area contributed by atoms with E-state index in [-0.39, 0.29) is 11.7 Å². The van der Waals surface area contributed by atoms with E-state index in [2.05, 4.69) is 20.4 Å². The van der Waals surface area contributed by atoms with E-state index in [1.807, 2.05) is 59.2 Å². The highest BCUT2D eigenvalue weighted by Crippen LogP contribution is 2.28. The Morgan fingerprint density at radius 1 is 1.06 bits per heavy atom. The number of amides is 1. The van der Waals surface area contributed by atoms with Crippen LogP contribution in [-0.2, 0) is 9.53 Å². The van der Waals surface area contributed by atoms with Gasteiger partial charge in [0.25, 0.3) is 0 Å². The van der Waals surface area contributed by atoms with Gasteiger partial charge in [0, 0.05) is 42.5 Å². The Bertz CT molecular complexity index is 991. The number of para-hydroxylation sites is 1. The van der Waals surface area contributed by atoms with Crippen molar-refractivity contribution >= 4 is 29.3 Å². The summed E-state index contributed by atoms with van der Waals surface area (Å²) < 4.78 is 7.32. The molecule has 31 heavy (non-hydrogen) atoms. The minimum atomic E-state index is -0.0195. The fourth-order valence-electron chi connectivity index (χ4n) is 3.32. The van der Waals surface area contributed by atoms with Crippen LogP contribution < -0.4 is 5.32 Å². The fourth-order valence-corrected chi connectivity index (χ4v) is 4.23. The Morgan fingerprint density at radius 3 is 2.55 bits per heavy atom. The van der Waals surface area contributed by atoms with Crippen molar-refractivity contribution in [3.63, 3.8) is 0 Å². The van der Waals surface area contributed by atoms with E-state index in [0.29, 0.717) is 22.5 Å². The molecule has 3 aromatic rings. The molecule has 0 bridgehead atoms. The zero-order valence-corrected chi connectivity index (χ0v) is 18.6. The largest absolute Gasteiger partial charge is 0.379 e. The average Bonchev–Trinajstić information content (AvgIpc) is 3.23. The Balaban J connectivity index is 1.43. The van der Waals surface area contributed by atoms with Crippen LogP contribution in [0.5, 0.6) is 0 Å². The van der Waals surface area contributed by atoms with Gasteiger partial charge in [-0.3, -0.25) is 14.3 Å². The molecule has 1 N–H and O–H groups in total. The molecule has 0 saturated carbocycles. The van der Waals surface area contributed by atoms with E-state index >= 15 is 0 Å². The molecule has 0 unspecified atom stereocenters. The molecule has 1 aliphatic rings. The number of carbonyl (C=O) groups excluding carboxylic acids is 1. The van der Waals surface area contributed by atoms with Crippen LogP contribution in [0, 0.1) is 0 Å². The van der Waals surface area contributed by atoms with Crippen LogP contribution in [0.1, 0.15) is 0 Å². The molecule has 1 fully saturated rings. The molecule has 0 radical (unpaired) electrons. The van der Waals surface area contributed by atoms with Gasteiger partial charge in [-0.15, -0.1) is 10.2 Å². The van der Waals surface area contributed by atoms with Gasteiger partial charge in [0.15, 0.2) is 11.0 Å². The van der Waals surface area contributed by atoms with E-state index in [1.165, 1.54) is 11.8 Å². The normalized spacial score (nSPS) is 14.5.